The molecular weight excluding hydrogens is 550 g/mol. The minimum Gasteiger partial charge on any atom is -0.481 e. The average molecular weight is 604 g/mol. The van der Waals surface area contributed by atoms with Crippen molar-refractivity contribution in [1.82, 2.24) is 10.2 Å². The van der Waals surface area contributed by atoms with Crippen LogP contribution < -0.4 is 5.32 Å². The molecule has 2 N–H and O–H groups in total. The van der Waals surface area contributed by atoms with E-state index >= 15 is 0 Å². The minimum absolute atomic E-state index is 0.0110. The summed E-state index contributed by atoms with van der Waals surface area (Å²) in [6, 6.07) is 8.37. The molecule has 2 saturated carbocycles. The third-order valence-corrected chi connectivity index (χ3v) is 9.38. The predicted molar refractivity (Wildman–Crippen MR) is 177 cm³/mol. The van der Waals surface area contributed by atoms with Crippen LogP contribution in [-0.2, 0) is 14.4 Å². The van der Waals surface area contributed by atoms with E-state index in [1.165, 1.54) is 18.4 Å². The minimum atomic E-state index is -0.931. The molecule has 1 spiro atoms. The Hall–Kier alpha value is -3.22. The summed E-state index contributed by atoms with van der Waals surface area (Å²) in [5.74, 6) is 1.34. The molecule has 240 valence electrons. The van der Waals surface area contributed by atoms with E-state index in [1.807, 2.05) is 12.2 Å². The predicted octanol–water partition coefficient (Wildman–Crippen LogP) is 7.27. The standard InChI is InChI=1S/C33H43N3O4.C4H10/c1-4-28(25-9-13-27(14-10-25)31(39)34-20-17-29(37)38)36-32(40)30(26-11-7-24(8-12-26)23-5-6-23)35-33(36)18-15-22(16-19-33)21(2)3;1-4(2)3/h7-13,21-23,27-28H,4-6,14-20H2,1-3H3,(H,34,39)(H,37,38);4H,1-3H3. The lowest BCUT2D eigenvalue weighted by Gasteiger charge is -2.46. The number of nitrogens with one attached hydrogen (secondary N) is 1. The number of rotatable bonds is 10. The van der Waals surface area contributed by atoms with E-state index in [4.69, 9.17) is 10.1 Å². The van der Waals surface area contributed by atoms with Crippen LogP contribution in [0.2, 0.25) is 0 Å². The van der Waals surface area contributed by atoms with Crippen LogP contribution in [0, 0.1) is 23.7 Å². The molecule has 2 atom stereocenters. The molecule has 4 aliphatic rings. The van der Waals surface area contributed by atoms with Gasteiger partial charge in [0.15, 0.2) is 0 Å². The summed E-state index contributed by atoms with van der Waals surface area (Å²) < 4.78 is 0. The Morgan fingerprint density at radius 1 is 1.05 bits per heavy atom. The van der Waals surface area contributed by atoms with E-state index < -0.39 is 11.6 Å². The SMILES string of the molecule is CC(C)C.CCC(C1=CCC(C(=O)NCCC(=O)O)C=C1)N1C(=O)C(c2ccc(C3CC3)cc2)=NC12CCC(C(C)C)CC2. The smallest absolute Gasteiger partial charge is 0.305 e. The lowest BCUT2D eigenvalue weighted by Crippen LogP contribution is -2.54. The van der Waals surface area contributed by atoms with Gasteiger partial charge in [-0.2, -0.15) is 0 Å². The van der Waals surface area contributed by atoms with Gasteiger partial charge in [-0.15, -0.1) is 0 Å². The van der Waals surface area contributed by atoms with Crippen LogP contribution in [0.4, 0.5) is 0 Å². The van der Waals surface area contributed by atoms with Crippen LogP contribution in [0.25, 0.3) is 0 Å². The lowest BCUT2D eigenvalue weighted by molar-refractivity contribution is -0.137. The number of hydrogen-bond donors (Lipinski definition) is 2. The monoisotopic (exact) mass is 603 g/mol. The molecule has 2 fully saturated rings. The molecule has 0 bridgehead atoms. The maximum Gasteiger partial charge on any atom is 0.305 e. The maximum absolute atomic E-state index is 14.2. The van der Waals surface area contributed by atoms with E-state index in [-0.39, 0.29) is 36.7 Å². The van der Waals surface area contributed by atoms with Crippen molar-refractivity contribution >= 4 is 23.5 Å². The summed E-state index contributed by atoms with van der Waals surface area (Å²) in [5, 5.41) is 11.6. The summed E-state index contributed by atoms with van der Waals surface area (Å²) in [6.07, 6.45) is 13.5. The van der Waals surface area contributed by atoms with Crippen molar-refractivity contribution in [2.24, 2.45) is 28.7 Å². The first-order valence-corrected chi connectivity index (χ1v) is 16.9. The molecule has 1 aromatic carbocycles. The zero-order valence-corrected chi connectivity index (χ0v) is 27.6. The van der Waals surface area contributed by atoms with Crippen molar-refractivity contribution in [3.63, 3.8) is 0 Å². The van der Waals surface area contributed by atoms with Crippen LogP contribution in [0.15, 0.2) is 53.1 Å². The first-order valence-electron chi connectivity index (χ1n) is 16.9. The van der Waals surface area contributed by atoms with E-state index in [1.54, 1.807) is 0 Å². The molecule has 0 aromatic heterocycles. The Kier molecular flexibility index (Phi) is 11.3. The van der Waals surface area contributed by atoms with Gasteiger partial charge >= 0.3 is 5.97 Å². The van der Waals surface area contributed by atoms with E-state index in [0.29, 0.717) is 29.9 Å². The van der Waals surface area contributed by atoms with Crippen molar-refractivity contribution in [3.05, 3.63) is 59.2 Å². The van der Waals surface area contributed by atoms with Gasteiger partial charge in [-0.1, -0.05) is 84.0 Å². The molecule has 7 heteroatoms. The highest BCUT2D eigenvalue weighted by atomic mass is 16.4. The van der Waals surface area contributed by atoms with Gasteiger partial charge in [0.2, 0.25) is 5.91 Å². The number of benzene rings is 1. The Bertz CT molecular complexity index is 1260. The number of aliphatic carboxylic acids is 1. The fourth-order valence-electron chi connectivity index (χ4n) is 6.75. The van der Waals surface area contributed by atoms with Crippen molar-refractivity contribution in [1.29, 1.82) is 0 Å². The molecule has 2 unspecified atom stereocenters. The van der Waals surface area contributed by atoms with Crippen molar-refractivity contribution in [2.45, 2.75) is 117 Å². The topological polar surface area (TPSA) is 99.1 Å². The summed E-state index contributed by atoms with van der Waals surface area (Å²) in [7, 11) is 0. The quantitative estimate of drug-likeness (QED) is 0.294. The van der Waals surface area contributed by atoms with Crippen LogP contribution in [0.3, 0.4) is 0 Å². The third kappa shape index (κ3) is 8.08. The number of allylic oxidation sites excluding steroid dienone is 1. The normalized spacial score (nSPS) is 25.5. The number of carboxylic acids is 1. The summed E-state index contributed by atoms with van der Waals surface area (Å²) >= 11 is 0. The van der Waals surface area contributed by atoms with Gasteiger partial charge in [0.1, 0.15) is 11.4 Å². The molecule has 2 amide bonds. The van der Waals surface area contributed by atoms with E-state index in [9.17, 15) is 14.4 Å². The van der Waals surface area contributed by atoms with Gasteiger partial charge in [-0.3, -0.25) is 19.4 Å². The number of hydrogen-bond acceptors (Lipinski definition) is 4. The summed E-state index contributed by atoms with van der Waals surface area (Å²) in [5.41, 5.74) is 3.36. The van der Waals surface area contributed by atoms with Crippen molar-refractivity contribution < 1.29 is 19.5 Å². The molecule has 0 saturated heterocycles. The van der Waals surface area contributed by atoms with Crippen molar-refractivity contribution in [2.75, 3.05) is 6.54 Å². The number of nitrogens with zero attached hydrogens (tertiary/aromatic N) is 2. The van der Waals surface area contributed by atoms with Gasteiger partial charge < -0.3 is 15.3 Å². The Balaban J connectivity index is 0.00000104. The highest BCUT2D eigenvalue weighted by Gasteiger charge is 2.52. The van der Waals surface area contributed by atoms with Gasteiger partial charge in [0.25, 0.3) is 5.91 Å². The first-order chi connectivity index (χ1) is 21.0. The molecule has 5 rings (SSSR count). The zero-order valence-electron chi connectivity index (χ0n) is 27.6. The molecule has 1 aliphatic heterocycles. The molecular formula is C37H53N3O4. The Morgan fingerprint density at radius 3 is 2.18 bits per heavy atom. The van der Waals surface area contributed by atoms with Gasteiger partial charge in [-0.05, 0) is 86.2 Å². The van der Waals surface area contributed by atoms with Crippen LogP contribution in [0.1, 0.15) is 116 Å². The van der Waals surface area contributed by atoms with Gasteiger partial charge in [0.05, 0.1) is 18.4 Å². The van der Waals surface area contributed by atoms with Gasteiger partial charge in [-0.25, -0.2) is 0 Å². The molecule has 1 aromatic rings. The van der Waals surface area contributed by atoms with Crippen LogP contribution in [0.5, 0.6) is 0 Å². The van der Waals surface area contributed by atoms with E-state index in [0.717, 1.165) is 49.2 Å². The highest BCUT2D eigenvalue weighted by Crippen LogP contribution is 2.46. The number of carboxylic acid groups (broad SMARTS) is 1. The number of carbonyl (C=O) groups is 3. The fraction of sp³-hybridized carbons (Fsp3) is 0.622. The second kappa shape index (κ2) is 14.7. The highest BCUT2D eigenvalue weighted by molar-refractivity contribution is 6.46. The first kappa shape index (κ1) is 33.7. The number of amides is 2. The van der Waals surface area contributed by atoms with Gasteiger partial charge in [0, 0.05) is 12.1 Å². The number of aliphatic imine (C=N–C) groups is 1. The molecule has 3 aliphatic carbocycles. The molecule has 7 nitrogen and oxygen atoms in total. The number of carbonyl (C=O) groups excluding carboxylic acids is 2. The maximum atomic E-state index is 14.2. The zero-order chi connectivity index (χ0) is 32.0. The summed E-state index contributed by atoms with van der Waals surface area (Å²) in [6.45, 7) is 13.3. The fourth-order valence-corrected chi connectivity index (χ4v) is 6.75. The second-order valence-corrected chi connectivity index (χ2v) is 14.1. The lowest BCUT2D eigenvalue weighted by atomic mass is 9.75. The third-order valence-electron chi connectivity index (χ3n) is 9.38. The van der Waals surface area contributed by atoms with E-state index in [2.05, 4.69) is 82.1 Å². The van der Waals surface area contributed by atoms with Crippen molar-refractivity contribution in [3.8, 4) is 0 Å². The molecule has 44 heavy (non-hydrogen) atoms. The Labute approximate surface area is 264 Å². The molecule has 1 heterocycles. The average Bonchev–Trinajstić information content (AvgIpc) is 3.80. The van der Waals surface area contributed by atoms with Crippen LogP contribution >= 0.6 is 0 Å². The largest absolute Gasteiger partial charge is 0.481 e. The summed E-state index contributed by atoms with van der Waals surface area (Å²) in [4.78, 5) is 45.0. The Morgan fingerprint density at radius 2 is 1.68 bits per heavy atom. The van der Waals surface area contributed by atoms with Crippen LogP contribution in [-0.4, -0.2) is 51.8 Å². The second-order valence-electron chi connectivity index (χ2n) is 14.1. The molecule has 0 radical (unpaired) electrons.